The SMILES string of the molecule is CCn1c[n+](CC)c2ccccc21.Cc1ccc(S(=O)(=O)[N-]c2ccncc2)cc1. The number of pyridine rings is 1. The van der Waals surface area contributed by atoms with Crippen LogP contribution in [0.4, 0.5) is 5.69 Å². The fraction of sp³-hybridized carbons (Fsp3) is 0.217. The number of hydrogen-bond donors (Lipinski definition) is 0. The van der Waals surface area contributed by atoms with Crippen LogP contribution in [0.2, 0.25) is 0 Å². The highest BCUT2D eigenvalue weighted by Crippen LogP contribution is 2.26. The standard InChI is InChI=1S/C12H11N2O2S.C11H15N2/c1-10-2-4-12(5-3-10)17(15,16)14-11-6-8-13-9-7-11;1-3-12-9-13(4-2)11-8-6-5-7-10(11)12/h2-9H,1H3;5-9H,3-4H2,1-2H3/q-1;+1. The molecule has 0 spiro atoms. The Hall–Kier alpha value is -3.19. The second-order valence-electron chi connectivity index (χ2n) is 6.76. The number of aryl methyl sites for hydroxylation is 3. The molecule has 0 aliphatic rings. The van der Waals surface area contributed by atoms with Crippen molar-refractivity contribution < 1.29 is 13.0 Å². The Bertz CT molecular complexity index is 1160. The normalized spacial score (nSPS) is 11.0. The van der Waals surface area contributed by atoms with Crippen LogP contribution in [0.25, 0.3) is 15.8 Å². The van der Waals surface area contributed by atoms with Crippen molar-refractivity contribution in [3.05, 3.63) is 89.7 Å². The largest absolute Gasteiger partial charge is 0.573 e. The molecule has 0 unspecified atom stereocenters. The zero-order valence-electron chi connectivity index (χ0n) is 17.4. The van der Waals surface area contributed by atoms with Gasteiger partial charge in [-0.2, -0.15) is 0 Å². The molecule has 2 heterocycles. The lowest BCUT2D eigenvalue weighted by Crippen LogP contribution is -2.30. The molecule has 0 fully saturated rings. The second kappa shape index (κ2) is 9.54. The molecule has 0 radical (unpaired) electrons. The first-order valence-corrected chi connectivity index (χ1v) is 11.3. The Labute approximate surface area is 177 Å². The van der Waals surface area contributed by atoms with Crippen LogP contribution in [-0.2, 0) is 23.1 Å². The van der Waals surface area contributed by atoms with E-state index in [-0.39, 0.29) is 4.90 Å². The minimum absolute atomic E-state index is 0.194. The number of rotatable bonds is 5. The number of aromatic nitrogens is 3. The Morgan fingerprint density at radius 2 is 1.63 bits per heavy atom. The van der Waals surface area contributed by atoms with E-state index in [0.717, 1.165) is 18.7 Å². The van der Waals surface area contributed by atoms with Crippen LogP contribution in [0.1, 0.15) is 19.4 Å². The van der Waals surface area contributed by atoms with Crippen LogP contribution in [0.5, 0.6) is 0 Å². The van der Waals surface area contributed by atoms with Gasteiger partial charge in [-0.15, -0.1) is 5.69 Å². The number of nitrogens with zero attached hydrogens (tertiary/aromatic N) is 4. The van der Waals surface area contributed by atoms with Crippen molar-refractivity contribution >= 4 is 26.7 Å². The molecule has 0 atom stereocenters. The van der Waals surface area contributed by atoms with E-state index in [0.29, 0.717) is 5.69 Å². The lowest BCUT2D eigenvalue weighted by atomic mass is 10.2. The van der Waals surface area contributed by atoms with E-state index in [1.807, 2.05) is 6.92 Å². The summed E-state index contributed by atoms with van der Waals surface area (Å²) in [5.74, 6) is 0. The molecule has 0 N–H and O–H groups in total. The van der Waals surface area contributed by atoms with Gasteiger partial charge in [0.05, 0.1) is 18.0 Å². The molecule has 30 heavy (non-hydrogen) atoms. The maximum absolute atomic E-state index is 11.9. The van der Waals surface area contributed by atoms with Crippen LogP contribution < -0.4 is 4.57 Å². The molecule has 0 aliphatic heterocycles. The molecular weight excluding hydrogens is 396 g/mol. The minimum atomic E-state index is -3.63. The van der Waals surface area contributed by atoms with E-state index in [1.165, 1.54) is 23.4 Å². The highest BCUT2D eigenvalue weighted by Gasteiger charge is 2.11. The van der Waals surface area contributed by atoms with E-state index in [2.05, 4.69) is 63.3 Å². The summed E-state index contributed by atoms with van der Waals surface area (Å²) in [4.78, 5) is 4.00. The predicted octanol–water partition coefficient (Wildman–Crippen LogP) is 4.75. The summed E-state index contributed by atoms with van der Waals surface area (Å²) < 4.78 is 32.1. The van der Waals surface area contributed by atoms with Gasteiger partial charge >= 0.3 is 0 Å². The highest BCUT2D eigenvalue weighted by atomic mass is 32.2. The molecule has 6 nitrogen and oxygen atoms in total. The molecule has 0 bridgehead atoms. The summed E-state index contributed by atoms with van der Waals surface area (Å²) in [7, 11) is -3.63. The van der Waals surface area contributed by atoms with E-state index in [9.17, 15) is 8.42 Å². The van der Waals surface area contributed by atoms with E-state index in [1.54, 1.807) is 36.4 Å². The fourth-order valence-corrected chi connectivity index (χ4v) is 4.04. The zero-order chi connectivity index (χ0) is 21.6. The maximum atomic E-state index is 11.9. The average Bonchev–Trinajstić information content (AvgIpc) is 3.13. The summed E-state index contributed by atoms with van der Waals surface area (Å²) in [6.45, 7) is 8.32. The van der Waals surface area contributed by atoms with Gasteiger partial charge in [0.2, 0.25) is 6.33 Å². The lowest BCUT2D eigenvalue weighted by Gasteiger charge is -2.21. The smallest absolute Gasteiger partial charge is 0.244 e. The predicted molar refractivity (Wildman–Crippen MR) is 119 cm³/mol. The monoisotopic (exact) mass is 422 g/mol. The highest BCUT2D eigenvalue weighted by molar-refractivity contribution is 7.94. The molecule has 2 aromatic carbocycles. The minimum Gasteiger partial charge on any atom is -0.573 e. The summed E-state index contributed by atoms with van der Waals surface area (Å²) in [5, 5.41) is 0. The Balaban J connectivity index is 0.000000177. The number of sulfonamides is 1. The van der Waals surface area contributed by atoms with Crippen molar-refractivity contribution in [1.29, 1.82) is 0 Å². The molecule has 0 saturated carbocycles. The molecular formula is C23H26N4O2S. The third-order valence-corrected chi connectivity index (χ3v) is 5.99. The average molecular weight is 423 g/mol. The van der Waals surface area contributed by atoms with Crippen molar-refractivity contribution in [2.45, 2.75) is 38.8 Å². The summed E-state index contributed by atoms with van der Waals surface area (Å²) >= 11 is 0. The number of hydrogen-bond acceptors (Lipinski definition) is 3. The van der Waals surface area contributed by atoms with Gasteiger partial charge in [-0.3, -0.25) is 4.98 Å². The van der Waals surface area contributed by atoms with Crippen molar-refractivity contribution in [2.75, 3.05) is 0 Å². The molecule has 7 heteroatoms. The molecule has 4 aromatic rings. The van der Waals surface area contributed by atoms with Gasteiger partial charge < -0.3 is 4.72 Å². The van der Waals surface area contributed by atoms with Gasteiger partial charge in [-0.1, -0.05) is 42.0 Å². The van der Waals surface area contributed by atoms with Crippen molar-refractivity contribution in [2.24, 2.45) is 0 Å². The van der Waals surface area contributed by atoms with Gasteiger partial charge in [-0.25, -0.2) is 17.6 Å². The number of imidazole rings is 1. The number of fused-ring (bicyclic) bond motifs is 1. The molecule has 0 amide bonds. The second-order valence-corrected chi connectivity index (χ2v) is 8.37. The van der Waals surface area contributed by atoms with Crippen molar-refractivity contribution in [1.82, 2.24) is 9.55 Å². The first-order valence-electron chi connectivity index (χ1n) is 9.86. The first kappa shape index (κ1) is 21.5. The molecule has 2 aromatic heterocycles. The van der Waals surface area contributed by atoms with Gasteiger partial charge in [0, 0.05) is 12.4 Å². The third kappa shape index (κ3) is 5.04. The van der Waals surface area contributed by atoms with Gasteiger partial charge in [0.15, 0.2) is 11.0 Å². The van der Waals surface area contributed by atoms with E-state index >= 15 is 0 Å². The van der Waals surface area contributed by atoms with Crippen molar-refractivity contribution in [3.63, 3.8) is 0 Å². The molecule has 4 rings (SSSR count). The molecule has 0 saturated heterocycles. The zero-order valence-corrected chi connectivity index (χ0v) is 18.2. The number of para-hydroxylation sites is 2. The topological polar surface area (TPSA) is 69.9 Å². The van der Waals surface area contributed by atoms with Gasteiger partial charge in [0.1, 0.15) is 10.0 Å². The molecule has 0 aliphatic carbocycles. The van der Waals surface area contributed by atoms with Crippen molar-refractivity contribution in [3.8, 4) is 0 Å². The first-order chi connectivity index (χ1) is 14.4. The number of benzene rings is 2. The third-order valence-electron chi connectivity index (χ3n) is 4.67. The summed E-state index contributed by atoms with van der Waals surface area (Å²) in [6, 6.07) is 18.2. The quantitative estimate of drug-likeness (QED) is 0.436. The van der Waals surface area contributed by atoms with Crippen LogP contribution in [0.15, 0.2) is 84.3 Å². The lowest BCUT2D eigenvalue weighted by molar-refractivity contribution is -0.668. The van der Waals surface area contributed by atoms with Crippen LogP contribution >= 0.6 is 0 Å². The van der Waals surface area contributed by atoms with Gasteiger partial charge in [0.25, 0.3) is 0 Å². The van der Waals surface area contributed by atoms with Crippen LogP contribution in [0, 0.1) is 6.92 Å². The summed E-state index contributed by atoms with van der Waals surface area (Å²) in [5.41, 5.74) is 4.03. The van der Waals surface area contributed by atoms with E-state index in [4.69, 9.17) is 0 Å². The Kier molecular flexibility index (Phi) is 6.84. The maximum Gasteiger partial charge on any atom is 0.244 e. The van der Waals surface area contributed by atoms with Crippen LogP contribution in [0.3, 0.4) is 0 Å². The molecule has 156 valence electrons. The van der Waals surface area contributed by atoms with Gasteiger partial charge in [-0.05, 0) is 45.0 Å². The Morgan fingerprint density at radius 1 is 0.967 bits per heavy atom. The van der Waals surface area contributed by atoms with Crippen LogP contribution in [-0.4, -0.2) is 18.0 Å². The van der Waals surface area contributed by atoms with E-state index < -0.39 is 10.0 Å². The fourth-order valence-electron chi connectivity index (χ4n) is 3.05. The Morgan fingerprint density at radius 3 is 2.27 bits per heavy atom. The summed E-state index contributed by atoms with van der Waals surface area (Å²) in [6.07, 6.45) is 5.19.